The fourth-order valence-corrected chi connectivity index (χ4v) is 9.81. The van der Waals surface area contributed by atoms with E-state index in [0.29, 0.717) is 12.8 Å². The van der Waals surface area contributed by atoms with Crippen molar-refractivity contribution >= 4 is 13.7 Å². The number of carbonyl (C=O) groups is 1. The third-order valence-corrected chi connectivity index (χ3v) is 14.3. The van der Waals surface area contributed by atoms with Gasteiger partial charge in [0.05, 0.1) is 31.3 Å². The minimum absolute atomic E-state index is 0.248. The Kier molecular flexibility index (Phi) is 40.4. The van der Waals surface area contributed by atoms with Crippen molar-refractivity contribution < 1.29 is 59.0 Å². The number of aliphatic hydroxyl groups is 7. The number of amides is 1. The van der Waals surface area contributed by atoms with Crippen molar-refractivity contribution in [1.29, 1.82) is 0 Å². The third kappa shape index (κ3) is 33.9. The molecule has 0 saturated heterocycles. The second-order valence-corrected chi connectivity index (χ2v) is 21.0. The number of phosphoric acid groups is 1. The van der Waals surface area contributed by atoms with Crippen molar-refractivity contribution in [2.45, 2.75) is 300 Å². The van der Waals surface area contributed by atoms with Crippen LogP contribution in [0.25, 0.3) is 0 Å². The molecule has 1 saturated carbocycles. The summed E-state index contributed by atoms with van der Waals surface area (Å²) in [6.45, 7) is 3.77. The largest absolute Gasteiger partial charge is 0.472 e. The molecule has 13 nitrogen and oxygen atoms in total. The number of unbranched alkanes of at least 4 members (excludes halogenated alkanes) is 31. The molecule has 9 N–H and O–H groups in total. The molecule has 1 rings (SSSR count). The maximum absolute atomic E-state index is 13.1. The smallest absolute Gasteiger partial charge is 0.393 e. The van der Waals surface area contributed by atoms with Crippen LogP contribution in [0.15, 0.2) is 24.3 Å². The number of aliphatic hydroxyl groups excluding tert-OH is 7. The summed E-state index contributed by atoms with van der Waals surface area (Å²) < 4.78 is 23.0. The quantitative estimate of drug-likeness (QED) is 0.0158. The summed E-state index contributed by atoms with van der Waals surface area (Å²) >= 11 is 0. The molecule has 67 heavy (non-hydrogen) atoms. The number of phosphoric ester groups is 1. The van der Waals surface area contributed by atoms with Crippen LogP contribution in [0.1, 0.15) is 245 Å². The molecule has 8 atom stereocenters. The number of nitrogens with one attached hydrogen (secondary N) is 1. The Labute approximate surface area is 407 Å². The van der Waals surface area contributed by atoms with Gasteiger partial charge < -0.3 is 46.0 Å². The van der Waals surface area contributed by atoms with Crippen molar-refractivity contribution in [3.05, 3.63) is 24.3 Å². The van der Waals surface area contributed by atoms with E-state index in [-0.39, 0.29) is 6.42 Å². The monoisotopic (exact) mass is 976 g/mol. The van der Waals surface area contributed by atoms with Crippen LogP contribution in [0.2, 0.25) is 0 Å². The van der Waals surface area contributed by atoms with E-state index >= 15 is 0 Å². The summed E-state index contributed by atoms with van der Waals surface area (Å²) in [5.41, 5.74) is 0. The molecule has 0 heterocycles. The number of hydrogen-bond donors (Lipinski definition) is 9. The van der Waals surface area contributed by atoms with Crippen LogP contribution in [0.4, 0.5) is 0 Å². The Bertz CT molecular complexity index is 1240. The van der Waals surface area contributed by atoms with Crippen molar-refractivity contribution in [3.63, 3.8) is 0 Å². The van der Waals surface area contributed by atoms with Gasteiger partial charge >= 0.3 is 7.82 Å². The van der Waals surface area contributed by atoms with Gasteiger partial charge in [0.1, 0.15) is 36.6 Å². The van der Waals surface area contributed by atoms with Crippen LogP contribution in [-0.4, -0.2) is 108 Å². The highest BCUT2D eigenvalue weighted by molar-refractivity contribution is 7.47. The van der Waals surface area contributed by atoms with Crippen molar-refractivity contribution in [1.82, 2.24) is 5.32 Å². The molecular formula is C53H102NO12P. The van der Waals surface area contributed by atoms with E-state index in [1.54, 1.807) is 6.08 Å². The lowest BCUT2D eigenvalue weighted by molar-refractivity contribution is -0.220. The molecule has 1 aliphatic carbocycles. The van der Waals surface area contributed by atoms with E-state index in [4.69, 9.17) is 9.05 Å². The lowest BCUT2D eigenvalue weighted by Crippen LogP contribution is -2.64. The molecule has 0 radical (unpaired) electrons. The van der Waals surface area contributed by atoms with Gasteiger partial charge in [-0.1, -0.05) is 231 Å². The standard InChI is InChI=1S/C53H102NO12P/c1-3-5-7-9-11-13-15-17-19-21-22-23-24-25-27-29-31-33-35-37-39-41-46(56)45(43-65-67(63,64)66-53-51(61)49(59)48(58)50(60)52(53)62)54-47(57)42-44(55)40-38-36-34-32-30-28-26-20-18-16-14-12-10-8-6-4-2/h31,33,39,41,44-46,48-53,55-56,58-62H,3-30,32,34-38,40,42-43H2,1-2H3,(H,54,57)(H,63,64)/b33-31+,41-39+. The van der Waals surface area contributed by atoms with Crippen molar-refractivity contribution in [2.24, 2.45) is 0 Å². The Morgan fingerprint density at radius 1 is 0.522 bits per heavy atom. The van der Waals surface area contributed by atoms with Crippen LogP contribution < -0.4 is 5.32 Å². The highest BCUT2D eigenvalue weighted by Crippen LogP contribution is 2.47. The third-order valence-electron chi connectivity index (χ3n) is 13.3. The Hall–Kier alpha value is -1.22. The highest BCUT2D eigenvalue weighted by atomic mass is 31.2. The molecule has 1 amide bonds. The molecule has 396 valence electrons. The maximum Gasteiger partial charge on any atom is 0.472 e. The van der Waals surface area contributed by atoms with Gasteiger partial charge in [-0.3, -0.25) is 13.8 Å². The molecule has 0 aromatic rings. The Morgan fingerprint density at radius 3 is 1.31 bits per heavy atom. The molecule has 14 heteroatoms. The van der Waals surface area contributed by atoms with E-state index in [0.717, 1.165) is 44.9 Å². The normalized spacial score (nSPS) is 22.4. The maximum atomic E-state index is 13.1. The molecule has 0 aliphatic heterocycles. The molecule has 0 bridgehead atoms. The summed E-state index contributed by atoms with van der Waals surface area (Å²) in [5, 5.41) is 74.7. The fourth-order valence-electron chi connectivity index (χ4n) is 8.85. The van der Waals surface area contributed by atoms with Gasteiger partial charge in [-0.2, -0.15) is 0 Å². The molecule has 0 aromatic carbocycles. The summed E-state index contributed by atoms with van der Waals surface area (Å²) in [6, 6.07) is -1.25. The predicted molar refractivity (Wildman–Crippen MR) is 270 cm³/mol. The van der Waals surface area contributed by atoms with Crippen LogP contribution >= 0.6 is 7.82 Å². The number of allylic oxidation sites excluding steroid dienone is 3. The summed E-state index contributed by atoms with van der Waals surface area (Å²) in [6.07, 6.45) is 35.5. The summed E-state index contributed by atoms with van der Waals surface area (Å²) in [7, 11) is -5.15. The van der Waals surface area contributed by atoms with E-state index in [1.807, 2.05) is 0 Å². The Morgan fingerprint density at radius 2 is 0.881 bits per heavy atom. The lowest BCUT2D eigenvalue weighted by atomic mass is 9.85. The van der Waals surface area contributed by atoms with Crippen molar-refractivity contribution in [2.75, 3.05) is 6.61 Å². The van der Waals surface area contributed by atoms with Crippen molar-refractivity contribution in [3.8, 4) is 0 Å². The van der Waals surface area contributed by atoms with Gasteiger partial charge in [-0.15, -0.1) is 0 Å². The average molecular weight is 976 g/mol. The van der Waals surface area contributed by atoms with E-state index < -0.39 is 75.2 Å². The highest BCUT2D eigenvalue weighted by Gasteiger charge is 2.51. The lowest BCUT2D eigenvalue weighted by Gasteiger charge is -2.41. The minimum atomic E-state index is -5.15. The first-order valence-corrected chi connectivity index (χ1v) is 28.9. The first-order valence-electron chi connectivity index (χ1n) is 27.4. The average Bonchev–Trinajstić information content (AvgIpc) is 3.30. The van der Waals surface area contributed by atoms with Crippen LogP contribution in [-0.2, 0) is 18.4 Å². The topological polar surface area (TPSA) is 226 Å². The number of rotatable bonds is 46. The Balaban J connectivity index is 2.47. The van der Waals surface area contributed by atoms with Gasteiger partial charge in [-0.05, 0) is 32.1 Å². The molecule has 8 unspecified atom stereocenters. The summed E-state index contributed by atoms with van der Waals surface area (Å²) in [5.74, 6) is -0.598. The molecule has 0 aromatic heterocycles. The first-order chi connectivity index (χ1) is 32.3. The first kappa shape index (κ1) is 63.8. The zero-order valence-corrected chi connectivity index (χ0v) is 43.2. The number of hydrogen-bond acceptors (Lipinski definition) is 11. The fraction of sp³-hybridized carbons (Fsp3) is 0.906. The van der Waals surface area contributed by atoms with Crippen LogP contribution in [0.5, 0.6) is 0 Å². The van der Waals surface area contributed by atoms with E-state index in [2.05, 4.69) is 31.3 Å². The van der Waals surface area contributed by atoms with E-state index in [9.17, 15) is 50.0 Å². The SMILES string of the molecule is CCCCCCCCCCCCCCCCC/C=C/CC/C=C/C(O)C(COP(=O)(O)OC1C(O)C(O)C(O)C(O)C1O)NC(=O)CC(O)CCCCCCCCCCCCCCCCCC. The van der Waals surface area contributed by atoms with Gasteiger partial charge in [0.25, 0.3) is 0 Å². The van der Waals surface area contributed by atoms with E-state index in [1.165, 1.54) is 173 Å². The second-order valence-electron chi connectivity index (χ2n) is 19.6. The minimum Gasteiger partial charge on any atom is -0.393 e. The second kappa shape index (κ2) is 42.5. The van der Waals surface area contributed by atoms with Gasteiger partial charge in [-0.25, -0.2) is 4.57 Å². The van der Waals surface area contributed by atoms with Crippen LogP contribution in [0.3, 0.4) is 0 Å². The zero-order valence-electron chi connectivity index (χ0n) is 42.3. The predicted octanol–water partition coefficient (Wildman–Crippen LogP) is 10.7. The van der Waals surface area contributed by atoms with Gasteiger partial charge in [0.15, 0.2) is 0 Å². The molecular weight excluding hydrogens is 874 g/mol. The van der Waals surface area contributed by atoms with Gasteiger partial charge in [0, 0.05) is 0 Å². The van der Waals surface area contributed by atoms with Gasteiger partial charge in [0.2, 0.25) is 5.91 Å². The van der Waals surface area contributed by atoms with Crippen LogP contribution in [0, 0.1) is 0 Å². The zero-order chi connectivity index (χ0) is 49.4. The molecule has 1 aliphatic rings. The molecule has 1 fully saturated rings. The molecule has 0 spiro atoms. The number of carbonyl (C=O) groups excluding carboxylic acids is 1. The summed E-state index contributed by atoms with van der Waals surface area (Å²) in [4.78, 5) is 23.5.